The minimum absolute atomic E-state index is 0.130. The van der Waals surface area contributed by atoms with E-state index < -0.39 is 6.67 Å². The number of amides is 1. The SMILES string of the molecule is O=C1c2ccc(F)cc2CN1c1ccc(NCCF)cc1. The van der Waals surface area contributed by atoms with Crippen molar-refractivity contribution in [3.63, 3.8) is 0 Å². The molecule has 5 heteroatoms. The van der Waals surface area contributed by atoms with Gasteiger partial charge >= 0.3 is 0 Å². The van der Waals surface area contributed by atoms with E-state index in [2.05, 4.69) is 5.32 Å². The van der Waals surface area contributed by atoms with Crippen LogP contribution in [0.25, 0.3) is 0 Å². The first-order chi connectivity index (χ1) is 10.2. The van der Waals surface area contributed by atoms with Gasteiger partial charge in [0.15, 0.2) is 0 Å². The Morgan fingerprint density at radius 2 is 1.90 bits per heavy atom. The largest absolute Gasteiger partial charge is 0.382 e. The van der Waals surface area contributed by atoms with Crippen molar-refractivity contribution in [2.24, 2.45) is 0 Å². The molecule has 1 amide bonds. The number of hydrogen-bond donors (Lipinski definition) is 1. The molecule has 3 nitrogen and oxygen atoms in total. The topological polar surface area (TPSA) is 32.3 Å². The van der Waals surface area contributed by atoms with Crippen LogP contribution in [0.2, 0.25) is 0 Å². The summed E-state index contributed by atoms with van der Waals surface area (Å²) >= 11 is 0. The Balaban J connectivity index is 1.81. The van der Waals surface area contributed by atoms with E-state index in [0.717, 1.165) is 11.4 Å². The van der Waals surface area contributed by atoms with Crippen LogP contribution in [0.5, 0.6) is 0 Å². The standard InChI is InChI=1S/C16H14F2N2O/c17-7-8-19-13-2-4-14(5-3-13)20-10-11-9-12(18)1-6-15(11)16(20)21/h1-6,9,19H,7-8,10H2. The van der Waals surface area contributed by atoms with Crippen molar-refractivity contribution < 1.29 is 13.6 Å². The zero-order valence-electron chi connectivity index (χ0n) is 11.3. The van der Waals surface area contributed by atoms with Gasteiger partial charge < -0.3 is 10.2 Å². The quantitative estimate of drug-likeness (QED) is 0.935. The van der Waals surface area contributed by atoms with Gasteiger partial charge in [0.1, 0.15) is 12.5 Å². The fourth-order valence-electron chi connectivity index (χ4n) is 2.45. The third-order valence-electron chi connectivity index (χ3n) is 3.47. The molecule has 1 N–H and O–H groups in total. The highest BCUT2D eigenvalue weighted by Crippen LogP contribution is 2.29. The van der Waals surface area contributed by atoms with Crippen LogP contribution in [-0.4, -0.2) is 19.1 Å². The lowest BCUT2D eigenvalue weighted by atomic mass is 10.1. The Morgan fingerprint density at radius 1 is 1.14 bits per heavy atom. The number of carbonyl (C=O) groups is 1. The average molecular weight is 288 g/mol. The smallest absolute Gasteiger partial charge is 0.258 e. The van der Waals surface area contributed by atoms with E-state index in [1.165, 1.54) is 18.2 Å². The number of fused-ring (bicyclic) bond motifs is 1. The minimum atomic E-state index is -0.437. The number of nitrogens with zero attached hydrogens (tertiary/aromatic N) is 1. The van der Waals surface area contributed by atoms with Gasteiger partial charge in [-0.15, -0.1) is 0 Å². The predicted octanol–water partition coefficient (Wildman–Crippen LogP) is 3.37. The number of carbonyl (C=O) groups excluding carboxylic acids is 1. The highest BCUT2D eigenvalue weighted by atomic mass is 19.1. The monoisotopic (exact) mass is 288 g/mol. The van der Waals surface area contributed by atoms with Crippen molar-refractivity contribution in [3.8, 4) is 0 Å². The zero-order chi connectivity index (χ0) is 14.8. The van der Waals surface area contributed by atoms with Crippen LogP contribution >= 0.6 is 0 Å². The van der Waals surface area contributed by atoms with E-state index in [4.69, 9.17) is 0 Å². The summed E-state index contributed by atoms with van der Waals surface area (Å²) in [6, 6.07) is 11.4. The summed E-state index contributed by atoms with van der Waals surface area (Å²) in [5.74, 6) is -0.469. The van der Waals surface area contributed by atoms with Gasteiger partial charge in [-0.1, -0.05) is 0 Å². The van der Waals surface area contributed by atoms with Crippen molar-refractivity contribution in [2.45, 2.75) is 6.54 Å². The number of nitrogens with one attached hydrogen (secondary N) is 1. The summed E-state index contributed by atoms with van der Waals surface area (Å²) < 4.78 is 25.3. The summed E-state index contributed by atoms with van der Waals surface area (Å²) in [6.07, 6.45) is 0. The molecular formula is C16H14F2N2O. The van der Waals surface area contributed by atoms with E-state index in [9.17, 15) is 13.6 Å². The summed E-state index contributed by atoms with van der Waals surface area (Å²) in [5, 5.41) is 2.92. The number of benzene rings is 2. The summed E-state index contributed by atoms with van der Waals surface area (Å²) in [7, 11) is 0. The van der Waals surface area contributed by atoms with Gasteiger partial charge in [-0.2, -0.15) is 0 Å². The molecule has 0 unspecified atom stereocenters. The van der Waals surface area contributed by atoms with Crippen molar-refractivity contribution in [1.82, 2.24) is 0 Å². The van der Waals surface area contributed by atoms with E-state index in [1.807, 2.05) is 0 Å². The Morgan fingerprint density at radius 3 is 2.62 bits per heavy atom. The Hall–Kier alpha value is -2.43. The van der Waals surface area contributed by atoms with Crippen molar-refractivity contribution in [3.05, 3.63) is 59.4 Å². The Kier molecular flexibility index (Phi) is 3.56. The molecule has 2 aromatic rings. The number of anilines is 2. The van der Waals surface area contributed by atoms with Crippen molar-refractivity contribution in [1.29, 1.82) is 0 Å². The Bertz CT molecular complexity index is 670. The molecule has 2 aromatic carbocycles. The van der Waals surface area contributed by atoms with Crippen LogP contribution in [0.1, 0.15) is 15.9 Å². The first kappa shape index (κ1) is 13.5. The van der Waals surface area contributed by atoms with Crippen LogP contribution in [0.3, 0.4) is 0 Å². The molecule has 0 aliphatic carbocycles. The highest BCUT2D eigenvalue weighted by molar-refractivity contribution is 6.10. The van der Waals surface area contributed by atoms with Gasteiger partial charge in [0.2, 0.25) is 0 Å². The van der Waals surface area contributed by atoms with Gasteiger partial charge in [0.05, 0.1) is 6.54 Å². The molecule has 0 saturated heterocycles. The van der Waals surface area contributed by atoms with Crippen LogP contribution in [0.4, 0.5) is 20.2 Å². The fourth-order valence-corrected chi connectivity index (χ4v) is 2.45. The second-order valence-corrected chi connectivity index (χ2v) is 4.86. The first-order valence-corrected chi connectivity index (χ1v) is 6.69. The molecule has 21 heavy (non-hydrogen) atoms. The van der Waals surface area contributed by atoms with E-state index in [0.29, 0.717) is 17.7 Å². The second kappa shape index (κ2) is 5.52. The average Bonchev–Trinajstić information content (AvgIpc) is 2.82. The molecule has 3 rings (SSSR count). The number of halogens is 2. The molecule has 1 aliphatic heterocycles. The molecular weight excluding hydrogens is 274 g/mol. The maximum atomic E-state index is 13.2. The molecule has 0 spiro atoms. The number of rotatable bonds is 4. The Labute approximate surface area is 121 Å². The maximum Gasteiger partial charge on any atom is 0.258 e. The van der Waals surface area contributed by atoms with Gasteiger partial charge in [-0.25, -0.2) is 8.78 Å². The van der Waals surface area contributed by atoms with Gasteiger partial charge in [0, 0.05) is 23.5 Å². The van der Waals surface area contributed by atoms with Gasteiger partial charge in [-0.3, -0.25) is 4.79 Å². The van der Waals surface area contributed by atoms with Crippen LogP contribution in [-0.2, 0) is 6.54 Å². The summed E-state index contributed by atoms with van der Waals surface area (Å²) in [6.45, 7) is 0.184. The molecule has 1 heterocycles. The summed E-state index contributed by atoms with van der Waals surface area (Å²) in [4.78, 5) is 13.9. The number of hydrogen-bond acceptors (Lipinski definition) is 2. The van der Waals surface area contributed by atoms with Gasteiger partial charge in [0.25, 0.3) is 5.91 Å². The normalized spacial score (nSPS) is 13.4. The third-order valence-corrected chi connectivity index (χ3v) is 3.47. The second-order valence-electron chi connectivity index (χ2n) is 4.86. The molecule has 0 radical (unpaired) electrons. The molecule has 0 fully saturated rings. The molecule has 0 bridgehead atoms. The predicted molar refractivity (Wildman–Crippen MR) is 77.8 cm³/mol. The minimum Gasteiger partial charge on any atom is -0.382 e. The van der Waals surface area contributed by atoms with Crippen LogP contribution < -0.4 is 10.2 Å². The maximum absolute atomic E-state index is 13.2. The van der Waals surface area contributed by atoms with Gasteiger partial charge in [-0.05, 0) is 48.0 Å². The summed E-state index contributed by atoms with van der Waals surface area (Å²) in [5.41, 5.74) is 2.77. The molecule has 0 aromatic heterocycles. The lowest BCUT2D eigenvalue weighted by Gasteiger charge is -2.16. The molecule has 0 atom stereocenters. The van der Waals surface area contributed by atoms with Crippen molar-refractivity contribution >= 4 is 17.3 Å². The van der Waals surface area contributed by atoms with Crippen LogP contribution in [0, 0.1) is 5.82 Å². The molecule has 1 aliphatic rings. The van der Waals surface area contributed by atoms with E-state index >= 15 is 0 Å². The number of alkyl halides is 1. The molecule has 0 saturated carbocycles. The van der Waals surface area contributed by atoms with Crippen LogP contribution in [0.15, 0.2) is 42.5 Å². The zero-order valence-corrected chi connectivity index (χ0v) is 11.3. The molecule has 108 valence electrons. The van der Waals surface area contributed by atoms with E-state index in [1.54, 1.807) is 29.2 Å². The first-order valence-electron chi connectivity index (χ1n) is 6.69. The lowest BCUT2D eigenvalue weighted by molar-refractivity contribution is 0.0996. The highest BCUT2D eigenvalue weighted by Gasteiger charge is 2.28. The lowest BCUT2D eigenvalue weighted by Crippen LogP contribution is -2.22. The third kappa shape index (κ3) is 2.59. The van der Waals surface area contributed by atoms with Crippen molar-refractivity contribution in [2.75, 3.05) is 23.4 Å². The fraction of sp³-hybridized carbons (Fsp3) is 0.188. The van der Waals surface area contributed by atoms with E-state index in [-0.39, 0.29) is 18.3 Å².